The fraction of sp³-hybridized carbons (Fsp3) is 0.182. The number of benzene rings is 2. The summed E-state index contributed by atoms with van der Waals surface area (Å²) in [6.45, 7) is 3.65. The molecule has 0 aliphatic rings. The summed E-state index contributed by atoms with van der Waals surface area (Å²) >= 11 is 0. The van der Waals surface area contributed by atoms with Crippen LogP contribution >= 0.6 is 0 Å². The van der Waals surface area contributed by atoms with Gasteiger partial charge in [-0.15, -0.1) is 5.10 Å². The fourth-order valence-corrected chi connectivity index (χ4v) is 3.18. The van der Waals surface area contributed by atoms with Gasteiger partial charge in [0.15, 0.2) is 5.82 Å². The Kier molecular flexibility index (Phi) is 6.02. The molecule has 1 amide bonds. The van der Waals surface area contributed by atoms with Crippen LogP contribution in [0.4, 0.5) is 0 Å². The van der Waals surface area contributed by atoms with E-state index in [0.29, 0.717) is 17.3 Å². The lowest BCUT2D eigenvalue weighted by atomic mass is 10.1. The second-order valence-electron chi connectivity index (χ2n) is 7.07. The normalized spacial score (nSPS) is 12.4. The molecule has 2 aromatic heterocycles. The van der Waals surface area contributed by atoms with Gasteiger partial charge in [0.05, 0.1) is 18.8 Å². The Bertz CT molecular complexity index is 1230. The van der Waals surface area contributed by atoms with E-state index < -0.39 is 0 Å². The van der Waals surface area contributed by atoms with Gasteiger partial charge in [0.25, 0.3) is 5.91 Å². The van der Waals surface area contributed by atoms with Crippen LogP contribution in [0.1, 0.15) is 29.9 Å². The number of hydrogen-bond acceptors (Lipinski definition) is 7. The predicted molar refractivity (Wildman–Crippen MR) is 118 cm³/mol. The van der Waals surface area contributed by atoms with Gasteiger partial charge in [-0.05, 0) is 65.7 Å². The zero-order valence-electron chi connectivity index (χ0n) is 17.9. The molecular weight excluding hydrogens is 408 g/mol. The summed E-state index contributed by atoms with van der Waals surface area (Å²) in [6, 6.07) is 14.9. The standard InChI is InChI=1S/C22H22N8O2/c1-15(18-7-9-19(10-8-18)29-14-23-13-24-29)25-22(31)21(30-16(2)26-27-28-30)12-17-5-4-6-20(11-17)32-3/h4-15H,1-3H3,(H,25,31)/b21-12-. The molecule has 2 heterocycles. The maximum Gasteiger partial charge on any atom is 0.270 e. The lowest BCUT2D eigenvalue weighted by Crippen LogP contribution is -2.30. The number of amides is 1. The number of methoxy groups -OCH3 is 1. The summed E-state index contributed by atoms with van der Waals surface area (Å²) in [5.74, 6) is 0.878. The van der Waals surface area contributed by atoms with Gasteiger partial charge in [-0.25, -0.2) is 9.67 Å². The highest BCUT2D eigenvalue weighted by Gasteiger charge is 2.19. The minimum Gasteiger partial charge on any atom is -0.497 e. The van der Waals surface area contributed by atoms with Gasteiger partial charge in [0.2, 0.25) is 0 Å². The van der Waals surface area contributed by atoms with Crippen molar-refractivity contribution in [3.63, 3.8) is 0 Å². The van der Waals surface area contributed by atoms with E-state index in [-0.39, 0.29) is 11.9 Å². The molecule has 0 spiro atoms. The highest BCUT2D eigenvalue weighted by atomic mass is 16.5. The second-order valence-corrected chi connectivity index (χ2v) is 7.07. The molecular formula is C22H22N8O2. The van der Waals surface area contributed by atoms with E-state index in [1.54, 1.807) is 31.1 Å². The van der Waals surface area contributed by atoms with Gasteiger partial charge in [0, 0.05) is 0 Å². The first-order valence-electron chi connectivity index (χ1n) is 9.92. The van der Waals surface area contributed by atoms with Crippen LogP contribution in [-0.2, 0) is 4.79 Å². The lowest BCUT2D eigenvalue weighted by molar-refractivity contribution is -0.116. The average molecular weight is 430 g/mol. The van der Waals surface area contributed by atoms with E-state index in [4.69, 9.17) is 4.74 Å². The Labute approximate surface area is 184 Å². The Balaban J connectivity index is 1.58. The van der Waals surface area contributed by atoms with Crippen molar-refractivity contribution in [2.75, 3.05) is 7.11 Å². The molecule has 0 fully saturated rings. The number of ether oxygens (including phenoxy) is 1. The second kappa shape index (κ2) is 9.21. The van der Waals surface area contributed by atoms with Crippen LogP contribution in [0.2, 0.25) is 0 Å². The van der Waals surface area contributed by atoms with Crippen LogP contribution in [0.25, 0.3) is 17.5 Å². The molecule has 10 nitrogen and oxygen atoms in total. The van der Waals surface area contributed by atoms with Gasteiger partial charge in [-0.1, -0.05) is 24.3 Å². The first-order chi connectivity index (χ1) is 15.5. The van der Waals surface area contributed by atoms with Crippen molar-refractivity contribution in [1.82, 2.24) is 40.3 Å². The zero-order valence-corrected chi connectivity index (χ0v) is 17.9. The van der Waals surface area contributed by atoms with Crippen molar-refractivity contribution >= 4 is 17.7 Å². The van der Waals surface area contributed by atoms with Crippen LogP contribution in [0.5, 0.6) is 5.75 Å². The number of carbonyl (C=O) groups is 1. The Morgan fingerprint density at radius 1 is 1.19 bits per heavy atom. The first kappa shape index (κ1) is 20.9. The Morgan fingerprint density at radius 2 is 2.00 bits per heavy atom. The highest BCUT2D eigenvalue weighted by Crippen LogP contribution is 2.20. The topological polar surface area (TPSA) is 113 Å². The molecule has 0 radical (unpaired) electrons. The summed E-state index contributed by atoms with van der Waals surface area (Å²) in [4.78, 5) is 17.2. The van der Waals surface area contributed by atoms with E-state index in [1.165, 1.54) is 11.0 Å². The maximum atomic E-state index is 13.2. The molecule has 0 aliphatic carbocycles. The largest absolute Gasteiger partial charge is 0.497 e. The molecule has 1 unspecified atom stereocenters. The van der Waals surface area contributed by atoms with Crippen molar-refractivity contribution < 1.29 is 9.53 Å². The molecule has 4 aromatic rings. The van der Waals surface area contributed by atoms with E-state index in [2.05, 4.69) is 30.9 Å². The number of nitrogens with one attached hydrogen (secondary N) is 1. The summed E-state index contributed by atoms with van der Waals surface area (Å²) in [6.07, 6.45) is 4.83. The Hall–Kier alpha value is -4.34. The summed E-state index contributed by atoms with van der Waals surface area (Å²) in [7, 11) is 1.60. The molecule has 10 heteroatoms. The van der Waals surface area contributed by atoms with Gasteiger partial charge in [-0.2, -0.15) is 9.78 Å². The number of carbonyl (C=O) groups excluding carboxylic acids is 1. The third kappa shape index (κ3) is 4.53. The Morgan fingerprint density at radius 3 is 2.66 bits per heavy atom. The number of tetrazole rings is 1. The van der Waals surface area contributed by atoms with Gasteiger partial charge in [-0.3, -0.25) is 4.79 Å². The average Bonchev–Trinajstić information content (AvgIpc) is 3.50. The van der Waals surface area contributed by atoms with Crippen LogP contribution in [0.3, 0.4) is 0 Å². The molecule has 162 valence electrons. The molecule has 0 bridgehead atoms. The molecule has 0 saturated heterocycles. The molecule has 0 saturated carbocycles. The zero-order chi connectivity index (χ0) is 22.5. The molecule has 1 N–H and O–H groups in total. The minimum absolute atomic E-state index is 0.252. The summed E-state index contributed by atoms with van der Waals surface area (Å²) in [5.41, 5.74) is 2.91. The lowest BCUT2D eigenvalue weighted by Gasteiger charge is -2.16. The fourth-order valence-electron chi connectivity index (χ4n) is 3.18. The number of rotatable bonds is 7. The summed E-state index contributed by atoms with van der Waals surface area (Å²) in [5, 5.41) is 18.7. The molecule has 4 rings (SSSR count). The van der Waals surface area contributed by atoms with E-state index >= 15 is 0 Å². The molecule has 1 atom stereocenters. The third-order valence-electron chi connectivity index (χ3n) is 4.91. The van der Waals surface area contributed by atoms with Gasteiger partial charge < -0.3 is 10.1 Å². The number of aromatic nitrogens is 7. The first-order valence-corrected chi connectivity index (χ1v) is 9.92. The third-order valence-corrected chi connectivity index (χ3v) is 4.91. The summed E-state index contributed by atoms with van der Waals surface area (Å²) < 4.78 is 8.36. The van der Waals surface area contributed by atoms with Crippen molar-refractivity contribution in [3.05, 3.63) is 78.1 Å². The van der Waals surface area contributed by atoms with Crippen molar-refractivity contribution in [2.45, 2.75) is 19.9 Å². The van der Waals surface area contributed by atoms with E-state index in [9.17, 15) is 4.79 Å². The predicted octanol–water partition coefficient (Wildman–Crippen LogP) is 2.45. The monoisotopic (exact) mass is 430 g/mol. The van der Waals surface area contributed by atoms with Crippen molar-refractivity contribution in [3.8, 4) is 11.4 Å². The van der Waals surface area contributed by atoms with Crippen LogP contribution < -0.4 is 10.1 Å². The molecule has 2 aromatic carbocycles. The maximum absolute atomic E-state index is 13.2. The minimum atomic E-state index is -0.309. The van der Waals surface area contributed by atoms with E-state index in [1.807, 2.05) is 55.5 Å². The van der Waals surface area contributed by atoms with Crippen LogP contribution in [0, 0.1) is 6.92 Å². The SMILES string of the molecule is COc1cccc(/C=C(/C(=O)NC(C)c2ccc(-n3cncn3)cc2)n2nnnc2C)c1. The van der Waals surface area contributed by atoms with Gasteiger partial charge >= 0.3 is 0 Å². The molecule has 32 heavy (non-hydrogen) atoms. The van der Waals surface area contributed by atoms with Crippen molar-refractivity contribution in [1.29, 1.82) is 0 Å². The van der Waals surface area contributed by atoms with Crippen LogP contribution in [0.15, 0.2) is 61.2 Å². The number of nitrogens with zero attached hydrogens (tertiary/aromatic N) is 7. The number of hydrogen-bond donors (Lipinski definition) is 1. The molecule has 0 aliphatic heterocycles. The van der Waals surface area contributed by atoms with Gasteiger partial charge in [0.1, 0.15) is 24.1 Å². The highest BCUT2D eigenvalue weighted by molar-refractivity contribution is 6.18. The van der Waals surface area contributed by atoms with Crippen molar-refractivity contribution in [2.24, 2.45) is 0 Å². The smallest absolute Gasteiger partial charge is 0.270 e. The van der Waals surface area contributed by atoms with E-state index in [0.717, 1.165) is 16.8 Å². The number of aryl methyl sites for hydroxylation is 1. The quantitative estimate of drug-likeness (QED) is 0.448. The van der Waals surface area contributed by atoms with Crippen LogP contribution in [-0.4, -0.2) is 48.0 Å².